The molecule has 2 N–H and O–H groups in total. The van der Waals surface area contributed by atoms with E-state index in [0.29, 0.717) is 13.2 Å². The molecule has 6 nitrogen and oxygen atoms in total. The summed E-state index contributed by atoms with van der Waals surface area (Å²) in [4.78, 5) is 4.21. The van der Waals surface area contributed by atoms with E-state index in [-0.39, 0.29) is 5.60 Å². The van der Waals surface area contributed by atoms with Crippen LogP contribution in [-0.4, -0.2) is 65.2 Å². The number of hydrogen-bond donors (Lipinski definition) is 2. The van der Waals surface area contributed by atoms with Crippen LogP contribution in [0.25, 0.3) is 0 Å². The first-order chi connectivity index (χ1) is 9.70. The summed E-state index contributed by atoms with van der Waals surface area (Å²) in [6.07, 6.45) is 3.19. The van der Waals surface area contributed by atoms with Gasteiger partial charge in [-0.1, -0.05) is 0 Å². The molecule has 1 rings (SSSR count). The number of rotatable bonds is 9. The minimum Gasteiger partial charge on any atom is -0.382 e. The largest absolute Gasteiger partial charge is 0.382 e. The van der Waals surface area contributed by atoms with Crippen LogP contribution in [0.15, 0.2) is 4.99 Å². The topological polar surface area (TPSA) is 64.1 Å². The number of guanidine groups is 1. The van der Waals surface area contributed by atoms with Crippen molar-refractivity contribution in [1.29, 1.82) is 0 Å². The van der Waals surface area contributed by atoms with Gasteiger partial charge in [-0.3, -0.25) is 4.99 Å². The molecule has 1 heterocycles. The molecule has 0 aromatic rings. The zero-order valence-corrected chi connectivity index (χ0v) is 13.0. The summed E-state index contributed by atoms with van der Waals surface area (Å²) in [5.74, 6) is 0.818. The standard InChI is InChI=1S/C14H29N3O3/c1-14(6-4-9-20-14)12-17-13(15-2)16-7-5-8-19-11-10-18-3/h4-12H2,1-3H3,(H2,15,16,17). The van der Waals surface area contributed by atoms with Crippen LogP contribution >= 0.6 is 0 Å². The van der Waals surface area contributed by atoms with Gasteiger partial charge in [-0.15, -0.1) is 0 Å². The molecular formula is C14H29N3O3. The highest BCUT2D eigenvalue weighted by molar-refractivity contribution is 5.79. The molecule has 1 fully saturated rings. The summed E-state index contributed by atoms with van der Waals surface area (Å²) in [7, 11) is 3.46. The normalized spacial score (nSPS) is 23.1. The summed E-state index contributed by atoms with van der Waals surface area (Å²) < 4.78 is 16.1. The van der Waals surface area contributed by atoms with Gasteiger partial charge in [0.15, 0.2) is 5.96 Å². The van der Waals surface area contributed by atoms with Gasteiger partial charge < -0.3 is 24.8 Å². The van der Waals surface area contributed by atoms with E-state index in [9.17, 15) is 0 Å². The van der Waals surface area contributed by atoms with Gasteiger partial charge in [0.2, 0.25) is 0 Å². The molecule has 1 aliphatic heterocycles. The molecule has 0 spiro atoms. The van der Waals surface area contributed by atoms with Gasteiger partial charge in [0.25, 0.3) is 0 Å². The molecule has 1 unspecified atom stereocenters. The van der Waals surface area contributed by atoms with Crippen LogP contribution in [0.1, 0.15) is 26.2 Å². The first kappa shape index (κ1) is 17.2. The highest BCUT2D eigenvalue weighted by Gasteiger charge is 2.29. The minimum atomic E-state index is -0.0547. The summed E-state index contributed by atoms with van der Waals surface area (Å²) in [5, 5.41) is 6.59. The van der Waals surface area contributed by atoms with Crippen molar-refractivity contribution in [3.05, 3.63) is 0 Å². The van der Waals surface area contributed by atoms with Gasteiger partial charge >= 0.3 is 0 Å². The molecule has 1 atom stereocenters. The van der Waals surface area contributed by atoms with Crippen LogP contribution in [0, 0.1) is 0 Å². The van der Waals surface area contributed by atoms with Crippen molar-refractivity contribution < 1.29 is 14.2 Å². The molecule has 0 radical (unpaired) electrons. The first-order valence-corrected chi connectivity index (χ1v) is 7.35. The van der Waals surface area contributed by atoms with Crippen LogP contribution < -0.4 is 10.6 Å². The molecule has 20 heavy (non-hydrogen) atoms. The lowest BCUT2D eigenvalue weighted by atomic mass is 10.0. The van der Waals surface area contributed by atoms with E-state index in [1.54, 1.807) is 14.2 Å². The van der Waals surface area contributed by atoms with Gasteiger partial charge in [-0.05, 0) is 26.2 Å². The third-order valence-corrected chi connectivity index (χ3v) is 3.34. The Kier molecular flexibility index (Phi) is 8.57. The lowest BCUT2D eigenvalue weighted by Gasteiger charge is -2.24. The van der Waals surface area contributed by atoms with E-state index in [0.717, 1.165) is 51.5 Å². The molecule has 0 aliphatic carbocycles. The molecule has 0 aromatic heterocycles. The van der Waals surface area contributed by atoms with Crippen molar-refractivity contribution in [3.8, 4) is 0 Å². The fourth-order valence-electron chi connectivity index (χ4n) is 2.09. The van der Waals surface area contributed by atoms with E-state index < -0.39 is 0 Å². The summed E-state index contributed by atoms with van der Waals surface area (Å²) >= 11 is 0. The summed E-state index contributed by atoms with van der Waals surface area (Å²) in [6, 6.07) is 0. The van der Waals surface area contributed by atoms with Crippen molar-refractivity contribution in [2.45, 2.75) is 31.8 Å². The van der Waals surface area contributed by atoms with Crippen molar-refractivity contribution in [3.63, 3.8) is 0 Å². The fourth-order valence-corrected chi connectivity index (χ4v) is 2.09. The molecular weight excluding hydrogens is 258 g/mol. The fraction of sp³-hybridized carbons (Fsp3) is 0.929. The SMILES string of the molecule is CN=C(NCCCOCCOC)NCC1(C)CCCO1. The van der Waals surface area contributed by atoms with Crippen LogP contribution in [-0.2, 0) is 14.2 Å². The predicted molar refractivity (Wildman–Crippen MR) is 80.3 cm³/mol. The second-order valence-electron chi connectivity index (χ2n) is 5.21. The number of hydrogen-bond acceptors (Lipinski definition) is 4. The maximum absolute atomic E-state index is 5.74. The molecule has 1 saturated heterocycles. The maximum Gasteiger partial charge on any atom is 0.191 e. The Hall–Kier alpha value is -0.850. The zero-order valence-electron chi connectivity index (χ0n) is 13.0. The second-order valence-corrected chi connectivity index (χ2v) is 5.21. The maximum atomic E-state index is 5.74. The van der Waals surface area contributed by atoms with E-state index in [4.69, 9.17) is 14.2 Å². The summed E-state index contributed by atoms with van der Waals surface area (Å²) in [5.41, 5.74) is -0.0547. The second kappa shape index (κ2) is 9.96. The Bertz CT molecular complexity index is 279. The third kappa shape index (κ3) is 7.07. The van der Waals surface area contributed by atoms with Crippen molar-refractivity contribution in [2.75, 3.05) is 53.7 Å². The number of ether oxygens (including phenoxy) is 3. The van der Waals surface area contributed by atoms with Crippen LogP contribution in [0.4, 0.5) is 0 Å². The van der Waals surface area contributed by atoms with Crippen molar-refractivity contribution in [2.24, 2.45) is 4.99 Å². The van der Waals surface area contributed by atoms with Crippen LogP contribution in [0.3, 0.4) is 0 Å². The van der Waals surface area contributed by atoms with E-state index >= 15 is 0 Å². The average Bonchev–Trinajstić information content (AvgIpc) is 2.88. The lowest BCUT2D eigenvalue weighted by Crippen LogP contribution is -2.45. The van der Waals surface area contributed by atoms with E-state index in [2.05, 4.69) is 22.5 Å². The monoisotopic (exact) mass is 287 g/mol. The Labute approximate surface area is 122 Å². The number of methoxy groups -OCH3 is 1. The Morgan fingerprint density at radius 3 is 2.80 bits per heavy atom. The minimum absolute atomic E-state index is 0.0547. The number of nitrogens with zero attached hydrogens (tertiary/aromatic N) is 1. The third-order valence-electron chi connectivity index (χ3n) is 3.34. The Morgan fingerprint density at radius 1 is 1.30 bits per heavy atom. The van der Waals surface area contributed by atoms with Gasteiger partial charge in [0, 0.05) is 40.5 Å². The van der Waals surface area contributed by atoms with Gasteiger partial charge in [-0.2, -0.15) is 0 Å². The molecule has 6 heteroatoms. The van der Waals surface area contributed by atoms with E-state index in [1.807, 2.05) is 0 Å². The molecule has 1 aliphatic rings. The van der Waals surface area contributed by atoms with Crippen molar-refractivity contribution in [1.82, 2.24) is 10.6 Å². The van der Waals surface area contributed by atoms with Gasteiger partial charge in [-0.25, -0.2) is 0 Å². The van der Waals surface area contributed by atoms with E-state index in [1.165, 1.54) is 0 Å². The smallest absolute Gasteiger partial charge is 0.191 e. The van der Waals surface area contributed by atoms with Crippen LogP contribution in [0.2, 0.25) is 0 Å². The number of aliphatic imine (C=N–C) groups is 1. The quantitative estimate of drug-likeness (QED) is 0.373. The van der Waals surface area contributed by atoms with Crippen LogP contribution in [0.5, 0.6) is 0 Å². The molecule has 0 amide bonds. The molecule has 0 aromatic carbocycles. The highest BCUT2D eigenvalue weighted by Crippen LogP contribution is 2.23. The lowest BCUT2D eigenvalue weighted by molar-refractivity contribution is 0.0242. The zero-order chi connectivity index (χ0) is 14.7. The molecule has 118 valence electrons. The van der Waals surface area contributed by atoms with Gasteiger partial charge in [0.05, 0.1) is 18.8 Å². The summed E-state index contributed by atoms with van der Waals surface area (Å²) in [6.45, 7) is 6.66. The Morgan fingerprint density at radius 2 is 2.15 bits per heavy atom. The first-order valence-electron chi connectivity index (χ1n) is 7.35. The highest BCUT2D eigenvalue weighted by atomic mass is 16.5. The Balaban J connectivity index is 2.05. The van der Waals surface area contributed by atoms with Crippen molar-refractivity contribution >= 4 is 5.96 Å². The average molecular weight is 287 g/mol. The van der Waals surface area contributed by atoms with Gasteiger partial charge in [0.1, 0.15) is 0 Å². The number of nitrogens with one attached hydrogen (secondary N) is 2. The molecule has 0 bridgehead atoms. The predicted octanol–water partition coefficient (Wildman–Crippen LogP) is 0.774. The molecule has 0 saturated carbocycles.